The molecule has 0 aliphatic heterocycles. The number of carbonyl (C=O) groups is 2. The quantitative estimate of drug-likeness (QED) is 0.760. The summed E-state index contributed by atoms with van der Waals surface area (Å²) in [4.78, 5) is 25.2. The standard InChI is InChI=1S/C20H23NO3S/c22-18(14-24-19(23)13-15-7-4-5-8-15)21-20(17-11-6-12-25-17)16-9-2-1-3-10-16/h1-3,6,9-12,15,20H,4-5,7-8,13-14H2,(H,21,22)/t20-/m1/s1. The largest absolute Gasteiger partial charge is 0.456 e. The number of hydrogen-bond acceptors (Lipinski definition) is 4. The van der Waals surface area contributed by atoms with Crippen molar-refractivity contribution >= 4 is 23.2 Å². The lowest BCUT2D eigenvalue weighted by Crippen LogP contribution is -2.32. The third-order valence-electron chi connectivity index (χ3n) is 4.56. The predicted molar refractivity (Wildman–Crippen MR) is 98.3 cm³/mol. The van der Waals surface area contributed by atoms with Crippen molar-refractivity contribution in [1.82, 2.24) is 5.32 Å². The predicted octanol–water partition coefficient (Wildman–Crippen LogP) is 4.08. The van der Waals surface area contributed by atoms with E-state index in [0.717, 1.165) is 23.3 Å². The first-order chi connectivity index (χ1) is 12.2. The summed E-state index contributed by atoms with van der Waals surface area (Å²) >= 11 is 1.59. The third-order valence-corrected chi connectivity index (χ3v) is 5.50. The van der Waals surface area contributed by atoms with E-state index in [1.165, 1.54) is 12.8 Å². The zero-order chi connectivity index (χ0) is 17.5. The van der Waals surface area contributed by atoms with Crippen molar-refractivity contribution in [3.8, 4) is 0 Å². The Morgan fingerprint density at radius 2 is 1.88 bits per heavy atom. The zero-order valence-corrected chi connectivity index (χ0v) is 15.0. The van der Waals surface area contributed by atoms with Gasteiger partial charge >= 0.3 is 5.97 Å². The fourth-order valence-electron chi connectivity index (χ4n) is 3.28. The van der Waals surface area contributed by atoms with Crippen LogP contribution in [0, 0.1) is 5.92 Å². The van der Waals surface area contributed by atoms with E-state index in [0.29, 0.717) is 12.3 Å². The molecule has 5 heteroatoms. The molecule has 3 rings (SSSR count). The molecule has 25 heavy (non-hydrogen) atoms. The van der Waals surface area contributed by atoms with Gasteiger partial charge in [0.15, 0.2) is 6.61 Å². The number of nitrogens with one attached hydrogen (secondary N) is 1. The van der Waals surface area contributed by atoms with Crippen molar-refractivity contribution < 1.29 is 14.3 Å². The van der Waals surface area contributed by atoms with Gasteiger partial charge in [0.25, 0.3) is 5.91 Å². The van der Waals surface area contributed by atoms with Crippen LogP contribution in [0.1, 0.15) is 48.6 Å². The summed E-state index contributed by atoms with van der Waals surface area (Å²) < 4.78 is 5.17. The Labute approximate surface area is 152 Å². The summed E-state index contributed by atoms with van der Waals surface area (Å²) in [5, 5.41) is 4.96. The van der Waals surface area contributed by atoms with E-state index < -0.39 is 0 Å². The Morgan fingerprint density at radius 1 is 1.12 bits per heavy atom. The van der Waals surface area contributed by atoms with Crippen molar-refractivity contribution in [3.63, 3.8) is 0 Å². The summed E-state index contributed by atoms with van der Waals surface area (Å²) in [5.74, 6) is -0.116. The molecular weight excluding hydrogens is 334 g/mol. The highest BCUT2D eigenvalue weighted by atomic mass is 32.1. The number of thiophene rings is 1. The number of amides is 1. The molecule has 1 amide bonds. The number of carbonyl (C=O) groups excluding carboxylic acids is 2. The minimum Gasteiger partial charge on any atom is -0.456 e. The fourth-order valence-corrected chi connectivity index (χ4v) is 4.08. The number of esters is 1. The van der Waals surface area contributed by atoms with Gasteiger partial charge in [-0.25, -0.2) is 0 Å². The average Bonchev–Trinajstić information content (AvgIpc) is 3.32. The van der Waals surface area contributed by atoms with Gasteiger partial charge in [0, 0.05) is 11.3 Å². The Balaban J connectivity index is 1.54. The lowest BCUT2D eigenvalue weighted by atomic mass is 10.0. The summed E-state index contributed by atoms with van der Waals surface area (Å²) in [6.07, 6.45) is 5.00. The van der Waals surface area contributed by atoms with Crippen LogP contribution in [0.3, 0.4) is 0 Å². The maximum absolute atomic E-state index is 12.3. The van der Waals surface area contributed by atoms with Crippen LogP contribution in [0.25, 0.3) is 0 Å². The molecule has 0 saturated heterocycles. The Kier molecular flexibility index (Phi) is 6.23. The topological polar surface area (TPSA) is 55.4 Å². The Bertz CT molecular complexity index is 678. The molecule has 1 aromatic heterocycles. The van der Waals surface area contributed by atoms with Crippen LogP contribution in [0.15, 0.2) is 47.8 Å². The molecule has 1 atom stereocenters. The van der Waals surface area contributed by atoms with Crippen LogP contribution in [0.4, 0.5) is 0 Å². The minimum absolute atomic E-state index is 0.220. The zero-order valence-electron chi connectivity index (χ0n) is 14.1. The fraction of sp³-hybridized carbons (Fsp3) is 0.400. The molecule has 1 aliphatic rings. The number of ether oxygens (including phenoxy) is 1. The minimum atomic E-state index is -0.276. The smallest absolute Gasteiger partial charge is 0.306 e. The second-order valence-electron chi connectivity index (χ2n) is 6.44. The lowest BCUT2D eigenvalue weighted by molar-refractivity contribution is -0.149. The molecule has 1 heterocycles. The van der Waals surface area contributed by atoms with Gasteiger partial charge in [-0.1, -0.05) is 49.2 Å². The molecule has 2 aromatic rings. The van der Waals surface area contributed by atoms with Crippen molar-refractivity contribution in [3.05, 3.63) is 58.3 Å². The molecule has 1 N–H and O–H groups in total. The van der Waals surface area contributed by atoms with Crippen LogP contribution >= 0.6 is 11.3 Å². The molecule has 0 unspecified atom stereocenters. The monoisotopic (exact) mass is 357 g/mol. The molecule has 132 valence electrons. The highest BCUT2D eigenvalue weighted by molar-refractivity contribution is 7.10. The maximum atomic E-state index is 12.3. The number of rotatable bonds is 7. The van der Waals surface area contributed by atoms with E-state index >= 15 is 0 Å². The van der Waals surface area contributed by atoms with Gasteiger partial charge in [-0.3, -0.25) is 9.59 Å². The second kappa shape index (κ2) is 8.81. The molecule has 1 saturated carbocycles. The van der Waals surface area contributed by atoms with Crippen LogP contribution in [0.5, 0.6) is 0 Å². The first-order valence-electron chi connectivity index (χ1n) is 8.75. The van der Waals surface area contributed by atoms with Gasteiger partial charge in [-0.15, -0.1) is 11.3 Å². The molecule has 0 bridgehead atoms. The summed E-state index contributed by atoms with van der Waals surface area (Å²) in [5.41, 5.74) is 1.01. The lowest BCUT2D eigenvalue weighted by Gasteiger charge is -2.18. The van der Waals surface area contributed by atoms with Crippen molar-refractivity contribution in [2.24, 2.45) is 5.92 Å². The number of hydrogen-bond donors (Lipinski definition) is 1. The molecule has 1 fully saturated rings. The van der Waals surface area contributed by atoms with E-state index in [-0.39, 0.29) is 24.5 Å². The Morgan fingerprint density at radius 3 is 2.56 bits per heavy atom. The van der Waals surface area contributed by atoms with Gasteiger partial charge in [0.2, 0.25) is 0 Å². The van der Waals surface area contributed by atoms with Gasteiger partial charge in [-0.2, -0.15) is 0 Å². The molecular formula is C20H23NO3S. The van der Waals surface area contributed by atoms with E-state index in [9.17, 15) is 9.59 Å². The summed E-state index contributed by atoms with van der Waals surface area (Å²) in [6, 6.07) is 13.5. The van der Waals surface area contributed by atoms with Crippen molar-refractivity contribution in [2.75, 3.05) is 6.61 Å². The summed E-state index contributed by atoms with van der Waals surface area (Å²) in [6.45, 7) is -0.222. The summed E-state index contributed by atoms with van der Waals surface area (Å²) in [7, 11) is 0. The Hall–Kier alpha value is -2.14. The van der Waals surface area contributed by atoms with Crippen molar-refractivity contribution in [2.45, 2.75) is 38.1 Å². The van der Waals surface area contributed by atoms with Crippen LogP contribution in [0.2, 0.25) is 0 Å². The van der Waals surface area contributed by atoms with Crippen LogP contribution < -0.4 is 5.32 Å². The number of benzene rings is 1. The highest BCUT2D eigenvalue weighted by Crippen LogP contribution is 2.28. The third kappa shape index (κ3) is 5.16. The molecule has 0 radical (unpaired) electrons. The SMILES string of the molecule is O=C(COC(=O)CC1CCCC1)N[C@H](c1ccccc1)c1cccs1. The molecule has 1 aromatic carbocycles. The molecule has 4 nitrogen and oxygen atoms in total. The first kappa shape index (κ1) is 17.7. The van der Waals surface area contributed by atoms with Crippen LogP contribution in [-0.4, -0.2) is 18.5 Å². The van der Waals surface area contributed by atoms with Gasteiger partial charge in [0.05, 0.1) is 6.04 Å². The highest BCUT2D eigenvalue weighted by Gasteiger charge is 2.21. The van der Waals surface area contributed by atoms with E-state index in [4.69, 9.17) is 4.74 Å². The molecule has 1 aliphatic carbocycles. The average molecular weight is 357 g/mol. The van der Waals surface area contributed by atoms with E-state index in [1.54, 1.807) is 11.3 Å². The van der Waals surface area contributed by atoms with Gasteiger partial charge in [0.1, 0.15) is 0 Å². The van der Waals surface area contributed by atoms with Crippen LogP contribution in [-0.2, 0) is 14.3 Å². The molecule has 0 spiro atoms. The van der Waals surface area contributed by atoms with Crippen molar-refractivity contribution in [1.29, 1.82) is 0 Å². The second-order valence-corrected chi connectivity index (χ2v) is 7.42. The maximum Gasteiger partial charge on any atom is 0.306 e. The van der Waals surface area contributed by atoms with Gasteiger partial charge in [-0.05, 0) is 35.8 Å². The van der Waals surface area contributed by atoms with E-state index in [1.807, 2.05) is 47.8 Å². The first-order valence-corrected chi connectivity index (χ1v) is 9.63. The van der Waals surface area contributed by atoms with Gasteiger partial charge < -0.3 is 10.1 Å². The normalized spacial score (nSPS) is 15.7. The van der Waals surface area contributed by atoms with E-state index in [2.05, 4.69) is 5.32 Å².